The predicted octanol–water partition coefficient (Wildman–Crippen LogP) is 3.70. The Bertz CT molecular complexity index is 1140. The number of hydrogen-bond donors (Lipinski definition) is 1. The highest BCUT2D eigenvalue weighted by atomic mass is 16.5. The zero-order valence-corrected chi connectivity index (χ0v) is 19.1. The van der Waals surface area contributed by atoms with E-state index in [1.54, 1.807) is 11.8 Å². The molecule has 2 aliphatic heterocycles. The molecule has 7 nitrogen and oxygen atoms in total. The summed E-state index contributed by atoms with van der Waals surface area (Å²) in [6, 6.07) is 16.8. The summed E-state index contributed by atoms with van der Waals surface area (Å²) in [6.45, 7) is 4.20. The third-order valence-electron chi connectivity index (χ3n) is 6.65. The molecule has 2 aliphatic rings. The van der Waals surface area contributed by atoms with Crippen molar-refractivity contribution in [1.82, 2.24) is 20.0 Å². The van der Waals surface area contributed by atoms with E-state index in [0.717, 1.165) is 36.0 Å². The first-order valence-electron chi connectivity index (χ1n) is 11.5. The van der Waals surface area contributed by atoms with Gasteiger partial charge in [0, 0.05) is 36.3 Å². The Morgan fingerprint density at radius 2 is 1.88 bits per heavy atom. The Balaban J connectivity index is 1.29. The molecule has 3 aromatic rings. The Morgan fingerprint density at radius 3 is 2.58 bits per heavy atom. The summed E-state index contributed by atoms with van der Waals surface area (Å²) in [4.78, 5) is 15.8. The van der Waals surface area contributed by atoms with Gasteiger partial charge in [-0.25, -0.2) is 4.68 Å². The maximum Gasteiger partial charge on any atom is 0.272 e. The highest BCUT2D eigenvalue weighted by molar-refractivity contribution is 6.05. The molecule has 0 saturated carbocycles. The van der Waals surface area contributed by atoms with Gasteiger partial charge in [-0.2, -0.15) is 5.10 Å². The molecule has 7 heteroatoms. The molecule has 2 atom stereocenters. The van der Waals surface area contributed by atoms with Gasteiger partial charge in [0.15, 0.2) is 5.69 Å². The van der Waals surface area contributed by atoms with Crippen LogP contribution in [0, 0.1) is 0 Å². The number of methoxy groups -OCH3 is 1. The van der Waals surface area contributed by atoms with E-state index in [9.17, 15) is 4.79 Å². The molecule has 0 aliphatic carbocycles. The van der Waals surface area contributed by atoms with Crippen molar-refractivity contribution in [2.75, 3.05) is 20.3 Å². The topological polar surface area (TPSA) is 68.6 Å². The number of allylic oxidation sites excluding steroid dienone is 1. The number of fused-ring (bicyclic) bond motifs is 3. The van der Waals surface area contributed by atoms with Crippen LogP contribution in [0.5, 0.6) is 5.75 Å². The van der Waals surface area contributed by atoms with E-state index in [0.29, 0.717) is 18.9 Å². The van der Waals surface area contributed by atoms with Gasteiger partial charge in [-0.3, -0.25) is 9.69 Å². The largest absolute Gasteiger partial charge is 0.497 e. The average Bonchev–Trinajstić information content (AvgIpc) is 3.19. The van der Waals surface area contributed by atoms with Crippen LogP contribution < -0.4 is 10.1 Å². The summed E-state index contributed by atoms with van der Waals surface area (Å²) >= 11 is 0. The SMILES string of the molecule is C/C=C/n1nc(C(=O)NC2CC3COCC(C2)N3Cc2ccc(OC)cc2)c2ccccc21. The predicted molar refractivity (Wildman–Crippen MR) is 128 cm³/mol. The molecule has 2 unspecified atom stereocenters. The van der Waals surface area contributed by atoms with Crippen molar-refractivity contribution < 1.29 is 14.3 Å². The fourth-order valence-corrected chi connectivity index (χ4v) is 5.07. The molecule has 2 saturated heterocycles. The molecule has 5 rings (SSSR count). The van der Waals surface area contributed by atoms with E-state index in [2.05, 4.69) is 27.4 Å². The van der Waals surface area contributed by atoms with Gasteiger partial charge in [-0.1, -0.05) is 36.4 Å². The van der Waals surface area contributed by atoms with E-state index < -0.39 is 0 Å². The van der Waals surface area contributed by atoms with Gasteiger partial charge in [0.2, 0.25) is 0 Å². The zero-order valence-electron chi connectivity index (χ0n) is 19.1. The number of nitrogens with one attached hydrogen (secondary N) is 1. The van der Waals surface area contributed by atoms with Gasteiger partial charge in [-0.15, -0.1) is 0 Å². The summed E-state index contributed by atoms with van der Waals surface area (Å²) in [5.41, 5.74) is 2.67. The van der Waals surface area contributed by atoms with Crippen LogP contribution in [-0.4, -0.2) is 59.0 Å². The van der Waals surface area contributed by atoms with E-state index in [-0.39, 0.29) is 24.0 Å². The summed E-state index contributed by atoms with van der Waals surface area (Å²) < 4.78 is 12.9. The molecular formula is C26H30N4O3. The van der Waals surface area contributed by atoms with Crippen molar-refractivity contribution in [3.05, 3.63) is 65.9 Å². The summed E-state index contributed by atoms with van der Waals surface area (Å²) in [6.07, 6.45) is 5.52. The number of carbonyl (C=O) groups is 1. The minimum absolute atomic E-state index is 0.106. The molecule has 1 aromatic heterocycles. The van der Waals surface area contributed by atoms with Crippen LogP contribution in [0.3, 0.4) is 0 Å². The van der Waals surface area contributed by atoms with Gasteiger partial charge < -0.3 is 14.8 Å². The van der Waals surface area contributed by atoms with Crippen molar-refractivity contribution in [2.45, 2.75) is 44.4 Å². The number of hydrogen-bond acceptors (Lipinski definition) is 5. The summed E-state index contributed by atoms with van der Waals surface area (Å²) in [7, 11) is 1.68. The quantitative estimate of drug-likeness (QED) is 0.625. The lowest BCUT2D eigenvalue weighted by molar-refractivity contribution is -0.0843. The second-order valence-corrected chi connectivity index (χ2v) is 8.80. The molecule has 1 amide bonds. The highest BCUT2D eigenvalue weighted by Crippen LogP contribution is 2.30. The number of rotatable bonds is 6. The van der Waals surface area contributed by atoms with Crippen LogP contribution in [-0.2, 0) is 11.3 Å². The lowest BCUT2D eigenvalue weighted by Crippen LogP contribution is -2.60. The van der Waals surface area contributed by atoms with E-state index in [1.165, 1.54) is 5.56 Å². The van der Waals surface area contributed by atoms with Crippen LogP contribution in [0.1, 0.15) is 35.8 Å². The monoisotopic (exact) mass is 446 g/mol. The fraction of sp³-hybridized carbons (Fsp3) is 0.385. The first-order chi connectivity index (χ1) is 16.2. The standard InChI is InChI=1S/C26H30N4O3/c1-3-12-30-24-7-5-4-6-23(24)25(28-30)26(31)27-19-13-20-16-33-17-21(14-19)29(20)15-18-8-10-22(32-2)11-9-18/h3-12,19-21H,13-17H2,1-2H3,(H,27,31)/b12-3+. The number of aromatic nitrogens is 2. The average molecular weight is 447 g/mol. The van der Waals surface area contributed by atoms with Crippen molar-refractivity contribution in [1.29, 1.82) is 0 Å². The Hall–Kier alpha value is -3.16. The van der Waals surface area contributed by atoms with Crippen molar-refractivity contribution >= 4 is 23.0 Å². The van der Waals surface area contributed by atoms with Crippen LogP contribution in [0.2, 0.25) is 0 Å². The van der Waals surface area contributed by atoms with Gasteiger partial charge in [0.05, 0.1) is 25.8 Å². The highest BCUT2D eigenvalue weighted by Gasteiger charge is 2.39. The van der Waals surface area contributed by atoms with E-state index in [4.69, 9.17) is 9.47 Å². The first-order valence-corrected chi connectivity index (χ1v) is 11.5. The Morgan fingerprint density at radius 1 is 1.15 bits per heavy atom. The first kappa shape index (κ1) is 21.7. The maximum atomic E-state index is 13.2. The third-order valence-corrected chi connectivity index (χ3v) is 6.65. The van der Waals surface area contributed by atoms with E-state index in [1.807, 2.05) is 55.6 Å². The molecule has 2 fully saturated rings. The Kier molecular flexibility index (Phi) is 6.15. The molecule has 3 heterocycles. The fourth-order valence-electron chi connectivity index (χ4n) is 5.07. The normalized spacial score (nSPS) is 23.2. The molecule has 2 bridgehead atoms. The number of piperidine rings is 1. The van der Waals surface area contributed by atoms with Gasteiger partial charge in [0.1, 0.15) is 5.75 Å². The van der Waals surface area contributed by atoms with Gasteiger partial charge in [-0.05, 0) is 43.5 Å². The molecule has 33 heavy (non-hydrogen) atoms. The lowest BCUT2D eigenvalue weighted by Gasteiger charge is -2.48. The summed E-state index contributed by atoms with van der Waals surface area (Å²) in [5, 5.41) is 8.72. The second kappa shape index (κ2) is 9.37. The molecule has 1 N–H and O–H groups in total. The third kappa shape index (κ3) is 4.38. The lowest BCUT2D eigenvalue weighted by atomic mass is 9.89. The number of amides is 1. The number of benzene rings is 2. The van der Waals surface area contributed by atoms with Crippen LogP contribution in [0.15, 0.2) is 54.6 Å². The van der Waals surface area contributed by atoms with E-state index >= 15 is 0 Å². The molecule has 172 valence electrons. The molecular weight excluding hydrogens is 416 g/mol. The second-order valence-electron chi connectivity index (χ2n) is 8.80. The van der Waals surface area contributed by atoms with Gasteiger partial charge in [0.25, 0.3) is 5.91 Å². The van der Waals surface area contributed by atoms with Crippen molar-refractivity contribution in [3.8, 4) is 5.75 Å². The molecule has 0 radical (unpaired) electrons. The number of para-hydroxylation sites is 1. The van der Waals surface area contributed by atoms with Crippen LogP contribution in [0.4, 0.5) is 0 Å². The molecule has 0 spiro atoms. The number of nitrogens with zero attached hydrogens (tertiary/aromatic N) is 3. The number of ether oxygens (including phenoxy) is 2. The summed E-state index contributed by atoms with van der Waals surface area (Å²) in [5.74, 6) is 0.759. The minimum atomic E-state index is -0.109. The minimum Gasteiger partial charge on any atom is -0.497 e. The van der Waals surface area contributed by atoms with Crippen LogP contribution >= 0.6 is 0 Å². The van der Waals surface area contributed by atoms with Gasteiger partial charge >= 0.3 is 0 Å². The smallest absolute Gasteiger partial charge is 0.272 e. The Labute approximate surface area is 194 Å². The van der Waals surface area contributed by atoms with Crippen molar-refractivity contribution in [3.63, 3.8) is 0 Å². The zero-order chi connectivity index (χ0) is 22.8. The maximum absolute atomic E-state index is 13.2. The number of carbonyl (C=O) groups excluding carboxylic acids is 1. The number of morpholine rings is 1. The van der Waals surface area contributed by atoms with Crippen molar-refractivity contribution in [2.24, 2.45) is 0 Å². The van der Waals surface area contributed by atoms with Crippen LogP contribution in [0.25, 0.3) is 17.1 Å². The molecule has 2 aromatic carbocycles.